The van der Waals surface area contributed by atoms with E-state index >= 15 is 0 Å². The highest BCUT2D eigenvalue weighted by molar-refractivity contribution is 8.13. The van der Waals surface area contributed by atoms with Gasteiger partial charge >= 0.3 is 0 Å². The number of benzene rings is 1. The molecule has 0 amide bonds. The molecule has 1 aromatic carbocycles. The lowest BCUT2D eigenvalue weighted by atomic mass is 10.0. The molecule has 0 unspecified atom stereocenters. The molecule has 2 fully saturated rings. The minimum Gasteiger partial charge on any atom is -0.434 e. The van der Waals surface area contributed by atoms with Crippen LogP contribution in [0.5, 0.6) is 5.75 Å². The summed E-state index contributed by atoms with van der Waals surface area (Å²) in [4.78, 5) is 6.82. The van der Waals surface area contributed by atoms with Gasteiger partial charge in [-0.15, -0.1) is 0 Å². The van der Waals surface area contributed by atoms with Gasteiger partial charge in [0.2, 0.25) is 0 Å². The zero-order valence-corrected chi connectivity index (χ0v) is 13.7. The quantitative estimate of drug-likeness (QED) is 0.625. The van der Waals surface area contributed by atoms with Gasteiger partial charge in [-0.05, 0) is 49.6 Å². The van der Waals surface area contributed by atoms with Gasteiger partial charge in [-0.1, -0.05) is 30.3 Å². The Kier molecular flexibility index (Phi) is 4.86. The smallest absolute Gasteiger partial charge is 0.250 e. The Morgan fingerprint density at radius 3 is 2.43 bits per heavy atom. The lowest BCUT2D eigenvalue weighted by Crippen LogP contribution is -2.38. The second-order valence-electron chi connectivity index (χ2n) is 5.93. The van der Waals surface area contributed by atoms with Crippen molar-refractivity contribution in [1.82, 2.24) is 4.90 Å². The molecule has 0 saturated carbocycles. The van der Waals surface area contributed by atoms with E-state index in [-0.39, 0.29) is 0 Å². The summed E-state index contributed by atoms with van der Waals surface area (Å²) in [5.41, 5.74) is 1.39. The standard InChI is InChI=1S/C17H24N2OS/c1-18-17(21-2)20-16-10-6-13(7-11-16)12-19-14-4-3-5-15(19)9-8-14/h6-7,10-11,14-15H,3-5,8-9,12H2,1-2H3/t14-,15+. The summed E-state index contributed by atoms with van der Waals surface area (Å²) in [7, 11) is 1.76. The highest BCUT2D eigenvalue weighted by atomic mass is 32.2. The number of thioether (sulfide) groups is 1. The second-order valence-corrected chi connectivity index (χ2v) is 6.69. The number of hydrogen-bond donors (Lipinski definition) is 0. The number of fused-ring (bicyclic) bond motifs is 2. The Hall–Kier alpha value is -1.00. The van der Waals surface area contributed by atoms with Crippen LogP contribution in [0, 0.1) is 0 Å². The van der Waals surface area contributed by atoms with E-state index in [4.69, 9.17) is 4.74 Å². The predicted molar refractivity (Wildman–Crippen MR) is 90.1 cm³/mol. The fourth-order valence-electron chi connectivity index (χ4n) is 3.64. The van der Waals surface area contributed by atoms with Gasteiger partial charge in [-0.2, -0.15) is 0 Å². The number of hydrogen-bond acceptors (Lipinski definition) is 4. The third kappa shape index (κ3) is 3.43. The molecule has 0 N–H and O–H groups in total. The Labute approximate surface area is 131 Å². The van der Waals surface area contributed by atoms with Crippen molar-refractivity contribution in [1.29, 1.82) is 0 Å². The van der Waals surface area contributed by atoms with Gasteiger partial charge < -0.3 is 4.74 Å². The topological polar surface area (TPSA) is 24.8 Å². The first-order valence-corrected chi connectivity index (χ1v) is 9.06. The molecule has 3 nitrogen and oxygen atoms in total. The monoisotopic (exact) mass is 304 g/mol. The summed E-state index contributed by atoms with van der Waals surface area (Å²) in [5, 5.41) is 0.705. The van der Waals surface area contributed by atoms with Gasteiger partial charge in [-0.3, -0.25) is 4.90 Å². The molecule has 0 radical (unpaired) electrons. The second kappa shape index (κ2) is 6.84. The number of ether oxygens (including phenoxy) is 1. The van der Waals surface area contributed by atoms with Crippen molar-refractivity contribution in [3.8, 4) is 5.75 Å². The maximum Gasteiger partial charge on any atom is 0.250 e. The van der Waals surface area contributed by atoms with Crippen molar-refractivity contribution in [2.24, 2.45) is 4.99 Å². The summed E-state index contributed by atoms with van der Waals surface area (Å²) in [6.07, 6.45) is 8.98. The van der Waals surface area contributed by atoms with Crippen molar-refractivity contribution >= 4 is 17.0 Å². The highest BCUT2D eigenvalue weighted by Gasteiger charge is 2.35. The van der Waals surface area contributed by atoms with E-state index in [0.717, 1.165) is 24.4 Å². The van der Waals surface area contributed by atoms with E-state index in [2.05, 4.69) is 34.2 Å². The van der Waals surface area contributed by atoms with Crippen LogP contribution in [0.15, 0.2) is 29.3 Å². The average Bonchev–Trinajstić information content (AvgIpc) is 2.75. The fourth-order valence-corrected chi connectivity index (χ4v) is 4.00. The van der Waals surface area contributed by atoms with Crippen LogP contribution in [0.25, 0.3) is 0 Å². The summed E-state index contributed by atoms with van der Waals surface area (Å²) in [6.45, 7) is 1.09. The number of nitrogens with zero attached hydrogens (tertiary/aromatic N) is 2. The van der Waals surface area contributed by atoms with E-state index in [9.17, 15) is 0 Å². The van der Waals surface area contributed by atoms with Crippen LogP contribution >= 0.6 is 11.8 Å². The van der Waals surface area contributed by atoms with Gasteiger partial charge in [0.25, 0.3) is 5.23 Å². The highest BCUT2D eigenvalue weighted by Crippen LogP contribution is 2.36. The molecule has 2 atom stereocenters. The molecule has 3 rings (SSSR count). The van der Waals surface area contributed by atoms with Gasteiger partial charge in [0.15, 0.2) is 0 Å². The number of aliphatic imine (C=N–C) groups is 1. The van der Waals surface area contributed by atoms with E-state index in [1.54, 1.807) is 7.05 Å². The fraction of sp³-hybridized carbons (Fsp3) is 0.588. The zero-order valence-electron chi connectivity index (χ0n) is 12.9. The molecule has 2 saturated heterocycles. The zero-order chi connectivity index (χ0) is 14.7. The van der Waals surface area contributed by atoms with Crippen molar-refractivity contribution in [2.75, 3.05) is 13.3 Å². The SMILES string of the molecule is CN=C(Oc1ccc(CN2[C@@H]3CCC[C@H]2CC3)cc1)SC. The van der Waals surface area contributed by atoms with E-state index < -0.39 is 0 Å². The first kappa shape index (κ1) is 14.9. The number of rotatable bonds is 3. The van der Waals surface area contributed by atoms with Crippen LogP contribution in [0.1, 0.15) is 37.7 Å². The minimum absolute atomic E-state index is 0.705. The van der Waals surface area contributed by atoms with Gasteiger partial charge in [0.05, 0.1) is 0 Å². The maximum atomic E-state index is 5.71. The summed E-state index contributed by atoms with van der Waals surface area (Å²) < 4.78 is 5.71. The van der Waals surface area contributed by atoms with Crippen LogP contribution in [-0.4, -0.2) is 35.5 Å². The molecule has 4 heteroatoms. The molecule has 0 spiro atoms. The Balaban J connectivity index is 1.62. The normalized spacial score (nSPS) is 26.1. The van der Waals surface area contributed by atoms with Crippen LogP contribution in [0.3, 0.4) is 0 Å². The van der Waals surface area contributed by atoms with Crippen molar-refractivity contribution < 1.29 is 4.74 Å². The largest absolute Gasteiger partial charge is 0.434 e. The molecule has 114 valence electrons. The first-order valence-electron chi connectivity index (χ1n) is 7.83. The summed E-state index contributed by atoms with van der Waals surface area (Å²) in [5.74, 6) is 0.871. The lowest BCUT2D eigenvalue weighted by molar-refractivity contribution is 0.132. The van der Waals surface area contributed by atoms with E-state index in [1.807, 2.05) is 6.26 Å². The Morgan fingerprint density at radius 1 is 1.19 bits per heavy atom. The Bertz CT molecular complexity index is 484. The number of piperidine rings is 1. The van der Waals surface area contributed by atoms with Gasteiger partial charge in [-0.25, -0.2) is 4.99 Å². The molecule has 2 aliphatic rings. The summed E-state index contributed by atoms with van der Waals surface area (Å²) >= 11 is 1.53. The maximum absolute atomic E-state index is 5.71. The molecule has 1 aromatic rings. The molecule has 2 aliphatic heterocycles. The molecule has 0 aliphatic carbocycles. The van der Waals surface area contributed by atoms with Crippen LogP contribution < -0.4 is 4.74 Å². The molecule has 2 bridgehead atoms. The van der Waals surface area contributed by atoms with Gasteiger partial charge in [0.1, 0.15) is 5.75 Å². The molecule has 21 heavy (non-hydrogen) atoms. The van der Waals surface area contributed by atoms with Crippen molar-refractivity contribution in [3.05, 3.63) is 29.8 Å². The van der Waals surface area contributed by atoms with Gasteiger partial charge in [0, 0.05) is 25.7 Å². The molecule has 2 heterocycles. The van der Waals surface area contributed by atoms with Crippen molar-refractivity contribution in [2.45, 2.75) is 50.7 Å². The molecular formula is C17H24N2OS. The average molecular weight is 304 g/mol. The predicted octanol–water partition coefficient (Wildman–Crippen LogP) is 3.93. The van der Waals surface area contributed by atoms with E-state index in [1.165, 1.54) is 49.4 Å². The van der Waals surface area contributed by atoms with Crippen LogP contribution in [0.4, 0.5) is 0 Å². The van der Waals surface area contributed by atoms with E-state index in [0.29, 0.717) is 5.23 Å². The lowest BCUT2D eigenvalue weighted by Gasteiger charge is -2.34. The summed E-state index contributed by atoms with van der Waals surface area (Å²) in [6, 6.07) is 10.2. The molecule has 0 aromatic heterocycles. The first-order chi connectivity index (χ1) is 10.3. The third-order valence-corrected chi connectivity index (χ3v) is 5.31. The van der Waals surface area contributed by atoms with Crippen LogP contribution in [0.2, 0.25) is 0 Å². The Morgan fingerprint density at radius 2 is 1.86 bits per heavy atom. The minimum atomic E-state index is 0.705. The third-order valence-electron chi connectivity index (χ3n) is 4.70. The molecular weight excluding hydrogens is 280 g/mol. The van der Waals surface area contributed by atoms with Crippen molar-refractivity contribution in [3.63, 3.8) is 0 Å². The van der Waals surface area contributed by atoms with Crippen LogP contribution in [-0.2, 0) is 6.54 Å².